The zero-order valence-electron chi connectivity index (χ0n) is 18.4. The van der Waals surface area contributed by atoms with Gasteiger partial charge in [-0.15, -0.1) is 11.3 Å². The summed E-state index contributed by atoms with van der Waals surface area (Å²) in [4.78, 5) is 37.2. The number of benzene rings is 2. The van der Waals surface area contributed by atoms with Crippen LogP contribution in [0.15, 0.2) is 84.5 Å². The topological polar surface area (TPSA) is 84.4 Å². The van der Waals surface area contributed by atoms with Crippen LogP contribution in [0.25, 0.3) is 0 Å². The Kier molecular flexibility index (Phi) is 6.05. The molecule has 7 nitrogen and oxygen atoms in total. The molecule has 2 atom stereocenters. The Morgan fingerprint density at radius 3 is 2.44 bits per heavy atom. The van der Waals surface area contributed by atoms with E-state index in [9.17, 15) is 9.59 Å². The fourth-order valence-electron chi connectivity index (χ4n) is 4.05. The molecule has 1 aliphatic heterocycles. The average Bonchev–Trinajstić information content (AvgIpc) is 3.49. The molecule has 2 aromatic heterocycles. The van der Waals surface area contributed by atoms with Crippen LogP contribution in [0.3, 0.4) is 0 Å². The summed E-state index contributed by atoms with van der Waals surface area (Å²) in [5.41, 5.74) is 2.54. The van der Waals surface area contributed by atoms with E-state index in [2.05, 4.69) is 15.3 Å². The number of thiophene rings is 1. The number of carbonyl (C=O) groups excluding carboxylic acids is 2. The number of hydrogen-bond donors (Lipinski definition) is 1. The first-order valence-corrected chi connectivity index (χ1v) is 11.7. The highest BCUT2D eigenvalue weighted by molar-refractivity contribution is 7.10. The first-order valence-electron chi connectivity index (χ1n) is 10.9. The zero-order chi connectivity index (χ0) is 23.5. The van der Waals surface area contributed by atoms with Gasteiger partial charge < -0.3 is 15.0 Å². The Morgan fingerprint density at radius 2 is 1.76 bits per heavy atom. The van der Waals surface area contributed by atoms with Gasteiger partial charge in [-0.1, -0.05) is 23.8 Å². The van der Waals surface area contributed by atoms with Gasteiger partial charge in [0.25, 0.3) is 0 Å². The molecule has 0 radical (unpaired) electrons. The zero-order valence-corrected chi connectivity index (χ0v) is 19.2. The molecule has 0 bridgehead atoms. The minimum absolute atomic E-state index is 0.0611. The molecule has 1 fully saturated rings. The first-order chi connectivity index (χ1) is 16.6. The van der Waals surface area contributed by atoms with Crippen molar-refractivity contribution in [3.05, 3.63) is 94.9 Å². The Balaban J connectivity index is 1.35. The molecular weight excluding hydrogens is 448 g/mol. The van der Waals surface area contributed by atoms with E-state index in [1.807, 2.05) is 48.7 Å². The molecule has 1 aliphatic rings. The lowest BCUT2D eigenvalue weighted by atomic mass is 9.97. The normalized spacial score (nSPS) is 17.6. The van der Waals surface area contributed by atoms with Crippen molar-refractivity contribution in [2.24, 2.45) is 5.92 Å². The summed E-state index contributed by atoms with van der Waals surface area (Å²) in [6, 6.07) is 20.3. The molecule has 3 heterocycles. The van der Waals surface area contributed by atoms with E-state index in [0.29, 0.717) is 11.4 Å². The van der Waals surface area contributed by atoms with Gasteiger partial charge in [0.05, 0.1) is 12.0 Å². The largest absolute Gasteiger partial charge is 0.424 e. The van der Waals surface area contributed by atoms with Crippen molar-refractivity contribution in [1.29, 1.82) is 0 Å². The van der Waals surface area contributed by atoms with Crippen LogP contribution in [-0.4, -0.2) is 21.8 Å². The Bertz CT molecular complexity index is 1280. The summed E-state index contributed by atoms with van der Waals surface area (Å²) in [6.07, 6.45) is 3.35. The third kappa shape index (κ3) is 4.53. The Morgan fingerprint density at radius 1 is 1.03 bits per heavy atom. The number of aryl methyl sites for hydroxylation is 1. The van der Waals surface area contributed by atoms with Crippen LogP contribution < -0.4 is 15.0 Å². The number of hydrogen-bond acceptors (Lipinski definition) is 6. The fraction of sp³-hybridized carbons (Fsp3) is 0.154. The number of carbonyl (C=O) groups is 2. The Labute approximate surface area is 201 Å². The molecule has 2 unspecified atom stereocenters. The van der Waals surface area contributed by atoms with Crippen LogP contribution >= 0.6 is 11.3 Å². The molecule has 8 heteroatoms. The number of aromatic nitrogens is 2. The summed E-state index contributed by atoms with van der Waals surface area (Å²) >= 11 is 1.55. The maximum absolute atomic E-state index is 13.3. The average molecular weight is 471 g/mol. The molecule has 1 saturated heterocycles. The molecule has 34 heavy (non-hydrogen) atoms. The van der Waals surface area contributed by atoms with E-state index in [0.717, 1.165) is 16.1 Å². The number of anilines is 2. The van der Waals surface area contributed by atoms with Crippen molar-refractivity contribution < 1.29 is 14.3 Å². The number of nitrogens with zero attached hydrogens (tertiary/aromatic N) is 3. The minimum Gasteiger partial charge on any atom is -0.424 e. The van der Waals surface area contributed by atoms with Crippen molar-refractivity contribution in [2.75, 3.05) is 10.2 Å². The molecule has 5 rings (SSSR count). The van der Waals surface area contributed by atoms with Crippen LogP contribution in [0.5, 0.6) is 11.8 Å². The van der Waals surface area contributed by atoms with Crippen molar-refractivity contribution in [2.45, 2.75) is 19.4 Å². The highest BCUT2D eigenvalue weighted by Gasteiger charge is 2.45. The maximum Gasteiger partial charge on any atom is 0.321 e. The van der Waals surface area contributed by atoms with Crippen molar-refractivity contribution in [1.82, 2.24) is 9.97 Å². The standard InChI is InChI=1S/C26H22N4O3S/c1-17-5-9-19(10-6-17)30-23(31)16-21(24(30)22-4-2-15-34-22)25(32)29-18-7-11-20(12-8-18)33-26-27-13-3-14-28-26/h2-15,21,24H,16H2,1H3,(H,29,32). The minimum atomic E-state index is -0.513. The molecule has 0 spiro atoms. The van der Waals surface area contributed by atoms with Crippen molar-refractivity contribution >= 4 is 34.5 Å². The first kappa shape index (κ1) is 21.8. The predicted molar refractivity (Wildman–Crippen MR) is 131 cm³/mol. The van der Waals surface area contributed by atoms with Gasteiger partial charge in [0.1, 0.15) is 5.75 Å². The van der Waals surface area contributed by atoms with E-state index in [-0.39, 0.29) is 30.3 Å². The van der Waals surface area contributed by atoms with Crippen molar-refractivity contribution in [3.8, 4) is 11.8 Å². The second-order valence-corrected chi connectivity index (χ2v) is 9.00. The van der Waals surface area contributed by atoms with E-state index >= 15 is 0 Å². The molecule has 2 amide bonds. The maximum atomic E-state index is 13.3. The van der Waals surface area contributed by atoms with Gasteiger partial charge in [-0.3, -0.25) is 9.59 Å². The van der Waals surface area contributed by atoms with E-state index in [1.165, 1.54) is 0 Å². The second-order valence-electron chi connectivity index (χ2n) is 8.02. The van der Waals surface area contributed by atoms with Gasteiger partial charge in [0.15, 0.2) is 0 Å². The summed E-state index contributed by atoms with van der Waals surface area (Å²) in [5.74, 6) is -0.209. The molecule has 4 aromatic rings. The van der Waals surface area contributed by atoms with Crippen LogP contribution in [0.2, 0.25) is 0 Å². The van der Waals surface area contributed by atoms with Gasteiger partial charge in [-0.25, -0.2) is 9.97 Å². The highest BCUT2D eigenvalue weighted by Crippen LogP contribution is 2.43. The van der Waals surface area contributed by atoms with Gasteiger partial charge in [0.2, 0.25) is 11.8 Å². The summed E-state index contributed by atoms with van der Waals surface area (Å²) in [5, 5.41) is 4.94. The SMILES string of the molecule is Cc1ccc(N2C(=O)CC(C(=O)Nc3ccc(Oc4ncccn4)cc3)C2c2cccs2)cc1. The van der Waals surface area contributed by atoms with Gasteiger partial charge in [0, 0.05) is 35.1 Å². The predicted octanol–water partition coefficient (Wildman–Crippen LogP) is 5.37. The van der Waals surface area contributed by atoms with Crippen LogP contribution in [0.4, 0.5) is 11.4 Å². The summed E-state index contributed by atoms with van der Waals surface area (Å²) in [6.45, 7) is 2.01. The monoisotopic (exact) mass is 470 g/mol. The van der Waals surface area contributed by atoms with Gasteiger partial charge >= 0.3 is 6.01 Å². The Hall–Kier alpha value is -4.04. The number of ether oxygens (including phenoxy) is 1. The summed E-state index contributed by atoms with van der Waals surface area (Å²) in [7, 11) is 0. The summed E-state index contributed by atoms with van der Waals surface area (Å²) < 4.78 is 5.60. The van der Waals surface area contributed by atoms with E-state index in [4.69, 9.17) is 4.74 Å². The van der Waals surface area contributed by atoms with Crippen LogP contribution in [-0.2, 0) is 9.59 Å². The number of amides is 2. The molecule has 170 valence electrons. The smallest absolute Gasteiger partial charge is 0.321 e. The molecular formula is C26H22N4O3S. The van der Waals surface area contributed by atoms with E-state index < -0.39 is 5.92 Å². The third-order valence-corrected chi connectivity index (χ3v) is 6.62. The fourth-order valence-corrected chi connectivity index (χ4v) is 4.93. The van der Waals surface area contributed by atoms with E-state index in [1.54, 1.807) is 59.0 Å². The lowest BCUT2D eigenvalue weighted by Gasteiger charge is -2.27. The molecule has 1 N–H and O–H groups in total. The van der Waals surface area contributed by atoms with Crippen molar-refractivity contribution in [3.63, 3.8) is 0 Å². The van der Waals surface area contributed by atoms with Gasteiger partial charge in [-0.05, 0) is 60.8 Å². The quantitative estimate of drug-likeness (QED) is 0.409. The molecule has 2 aromatic carbocycles. The molecule has 0 aliphatic carbocycles. The third-order valence-electron chi connectivity index (χ3n) is 5.68. The lowest BCUT2D eigenvalue weighted by Crippen LogP contribution is -2.31. The highest BCUT2D eigenvalue weighted by atomic mass is 32.1. The lowest BCUT2D eigenvalue weighted by molar-refractivity contribution is -0.122. The molecule has 0 saturated carbocycles. The number of nitrogens with one attached hydrogen (secondary N) is 1. The number of rotatable bonds is 6. The van der Waals surface area contributed by atoms with Crippen LogP contribution in [0, 0.1) is 12.8 Å². The van der Waals surface area contributed by atoms with Gasteiger partial charge in [-0.2, -0.15) is 0 Å². The second kappa shape index (κ2) is 9.44. The van der Waals surface area contributed by atoms with Crippen LogP contribution in [0.1, 0.15) is 22.9 Å².